The van der Waals surface area contributed by atoms with Crippen LogP contribution in [0.1, 0.15) is 60.5 Å². The Morgan fingerprint density at radius 1 is 1.05 bits per heavy atom. The molecule has 1 atom stereocenters. The number of para-hydroxylation sites is 2. The summed E-state index contributed by atoms with van der Waals surface area (Å²) in [7, 11) is 0. The molecule has 0 radical (unpaired) electrons. The number of hydrogen-bond donors (Lipinski definition) is 1. The Bertz CT molecular complexity index is 1350. The second kappa shape index (κ2) is 13.2. The maximum Gasteiger partial charge on any atom is 0.294 e. The molecule has 2 amide bonds. The first-order chi connectivity index (χ1) is 19.5. The van der Waals surface area contributed by atoms with Crippen molar-refractivity contribution < 1.29 is 14.3 Å². The van der Waals surface area contributed by atoms with Gasteiger partial charge in [-0.25, -0.2) is 0 Å². The fourth-order valence-corrected chi connectivity index (χ4v) is 5.60. The van der Waals surface area contributed by atoms with Gasteiger partial charge in [-0.3, -0.25) is 14.5 Å². The molecule has 1 fully saturated rings. The number of amides is 2. The van der Waals surface area contributed by atoms with E-state index in [0.717, 1.165) is 29.8 Å². The first kappa shape index (κ1) is 27.9. The van der Waals surface area contributed by atoms with Gasteiger partial charge in [-0.2, -0.15) is 0 Å². The zero-order valence-corrected chi connectivity index (χ0v) is 23.7. The van der Waals surface area contributed by atoms with Gasteiger partial charge in [0.25, 0.3) is 11.8 Å². The third kappa shape index (κ3) is 6.75. The van der Waals surface area contributed by atoms with Gasteiger partial charge in [0.15, 0.2) is 11.5 Å². The number of anilines is 1. The Hall–Kier alpha value is -3.61. The van der Waals surface area contributed by atoms with Crippen LogP contribution in [0.3, 0.4) is 0 Å². The number of halogens is 1. The molecule has 3 aromatic rings. The van der Waals surface area contributed by atoms with Gasteiger partial charge in [0, 0.05) is 29.7 Å². The van der Waals surface area contributed by atoms with E-state index in [1.54, 1.807) is 23.1 Å². The molecule has 1 unspecified atom stereocenters. The maximum absolute atomic E-state index is 13.5. The Morgan fingerprint density at radius 3 is 2.60 bits per heavy atom. The van der Waals surface area contributed by atoms with E-state index in [0.29, 0.717) is 35.5 Å². The van der Waals surface area contributed by atoms with Gasteiger partial charge in [-0.05, 0) is 85.8 Å². The molecular weight excluding hydrogens is 522 g/mol. The third-order valence-corrected chi connectivity index (χ3v) is 7.94. The second-order valence-electron chi connectivity index (χ2n) is 10.4. The lowest BCUT2D eigenvalue weighted by Crippen LogP contribution is -2.40. The molecule has 0 aliphatic carbocycles. The van der Waals surface area contributed by atoms with Gasteiger partial charge < -0.3 is 15.0 Å². The van der Waals surface area contributed by atoms with Crippen LogP contribution in [-0.4, -0.2) is 42.4 Å². The van der Waals surface area contributed by atoms with Crippen LogP contribution in [0, 0.1) is 0 Å². The van der Waals surface area contributed by atoms with Crippen molar-refractivity contribution in [3.63, 3.8) is 0 Å². The van der Waals surface area contributed by atoms with E-state index in [-0.39, 0.29) is 17.6 Å². The van der Waals surface area contributed by atoms with Gasteiger partial charge in [-0.1, -0.05) is 61.3 Å². The van der Waals surface area contributed by atoms with E-state index in [9.17, 15) is 9.59 Å². The van der Waals surface area contributed by atoms with Crippen LogP contribution in [0.15, 0.2) is 78.6 Å². The SMILES string of the molecule is CCC1CCCCN1CCCNC(=O)c1ccc(/C=C2\Oc3ccccc3N(Cc3ccc(Cl)cc3)C2=O)cc1. The lowest BCUT2D eigenvalue weighted by atomic mass is 10.00. The minimum Gasteiger partial charge on any atom is -0.449 e. The van der Waals surface area contributed by atoms with Crippen molar-refractivity contribution in [2.24, 2.45) is 0 Å². The smallest absolute Gasteiger partial charge is 0.294 e. The number of piperidine rings is 1. The van der Waals surface area contributed by atoms with E-state index < -0.39 is 0 Å². The van der Waals surface area contributed by atoms with Crippen molar-refractivity contribution >= 4 is 35.2 Å². The summed E-state index contributed by atoms with van der Waals surface area (Å²) in [5.41, 5.74) is 3.06. The van der Waals surface area contributed by atoms with Crippen LogP contribution in [-0.2, 0) is 11.3 Å². The zero-order valence-electron chi connectivity index (χ0n) is 22.9. The predicted octanol–water partition coefficient (Wildman–Crippen LogP) is 6.69. The number of nitrogens with one attached hydrogen (secondary N) is 1. The minimum absolute atomic E-state index is 0.0852. The van der Waals surface area contributed by atoms with Crippen molar-refractivity contribution in [1.29, 1.82) is 0 Å². The lowest BCUT2D eigenvalue weighted by Gasteiger charge is -2.35. The number of carbonyl (C=O) groups excluding carboxylic acids is 2. The first-order valence-electron chi connectivity index (χ1n) is 14.2. The van der Waals surface area contributed by atoms with E-state index in [1.807, 2.05) is 60.7 Å². The average molecular weight is 558 g/mol. The monoisotopic (exact) mass is 557 g/mol. The van der Waals surface area contributed by atoms with E-state index >= 15 is 0 Å². The van der Waals surface area contributed by atoms with Crippen molar-refractivity contribution in [3.8, 4) is 5.75 Å². The molecule has 208 valence electrons. The summed E-state index contributed by atoms with van der Waals surface area (Å²) in [6, 6.07) is 22.9. The molecule has 2 heterocycles. The zero-order chi connectivity index (χ0) is 27.9. The molecule has 6 nitrogen and oxygen atoms in total. The maximum atomic E-state index is 13.5. The summed E-state index contributed by atoms with van der Waals surface area (Å²) in [5.74, 6) is 0.536. The number of benzene rings is 3. The number of hydrogen-bond acceptors (Lipinski definition) is 4. The van der Waals surface area contributed by atoms with Crippen LogP contribution in [0.4, 0.5) is 5.69 Å². The number of fused-ring (bicyclic) bond motifs is 1. The fraction of sp³-hybridized carbons (Fsp3) is 0.333. The summed E-state index contributed by atoms with van der Waals surface area (Å²) >= 11 is 6.04. The highest BCUT2D eigenvalue weighted by Gasteiger charge is 2.30. The number of likely N-dealkylation sites (tertiary alicyclic amines) is 1. The van der Waals surface area contributed by atoms with Gasteiger partial charge >= 0.3 is 0 Å². The molecule has 0 aromatic heterocycles. The quantitative estimate of drug-likeness (QED) is 0.235. The number of nitrogens with zero attached hydrogens (tertiary/aromatic N) is 2. The lowest BCUT2D eigenvalue weighted by molar-refractivity contribution is -0.117. The van der Waals surface area contributed by atoms with Crippen LogP contribution >= 0.6 is 11.6 Å². The molecule has 3 aromatic carbocycles. The number of rotatable bonds is 9. The van der Waals surface area contributed by atoms with Crippen LogP contribution < -0.4 is 15.0 Å². The summed E-state index contributed by atoms with van der Waals surface area (Å²) < 4.78 is 6.01. The van der Waals surface area contributed by atoms with Crippen LogP contribution in [0.25, 0.3) is 6.08 Å². The van der Waals surface area contributed by atoms with Crippen molar-refractivity contribution in [2.45, 2.75) is 51.6 Å². The second-order valence-corrected chi connectivity index (χ2v) is 10.9. The Morgan fingerprint density at radius 2 is 1.82 bits per heavy atom. The highest BCUT2D eigenvalue weighted by molar-refractivity contribution is 6.30. The molecule has 2 aliphatic rings. The molecule has 7 heteroatoms. The molecule has 0 saturated carbocycles. The summed E-state index contributed by atoms with van der Waals surface area (Å²) in [5, 5.41) is 3.70. The molecule has 5 rings (SSSR count). The van der Waals surface area contributed by atoms with E-state index in [2.05, 4.69) is 17.1 Å². The normalized spacial score (nSPS) is 18.4. The molecule has 0 spiro atoms. The fourth-order valence-electron chi connectivity index (χ4n) is 5.48. The van der Waals surface area contributed by atoms with E-state index in [4.69, 9.17) is 16.3 Å². The van der Waals surface area contributed by atoms with Crippen molar-refractivity contribution in [3.05, 3.63) is 100 Å². The molecule has 1 saturated heterocycles. The Balaban J connectivity index is 1.21. The topological polar surface area (TPSA) is 61.9 Å². The van der Waals surface area contributed by atoms with E-state index in [1.165, 1.54) is 32.2 Å². The summed E-state index contributed by atoms with van der Waals surface area (Å²) in [4.78, 5) is 30.5. The van der Waals surface area contributed by atoms with Crippen molar-refractivity contribution in [1.82, 2.24) is 10.2 Å². The summed E-state index contributed by atoms with van der Waals surface area (Å²) in [6.45, 7) is 5.50. The van der Waals surface area contributed by atoms with Gasteiger partial charge in [0.2, 0.25) is 0 Å². The van der Waals surface area contributed by atoms with Gasteiger partial charge in [0.05, 0.1) is 12.2 Å². The largest absolute Gasteiger partial charge is 0.449 e. The molecule has 2 aliphatic heterocycles. The standard InChI is InChI=1S/C33H36ClN3O3/c1-2-28-8-5-6-20-36(28)21-7-19-35-32(38)26-15-11-24(12-16-26)22-31-33(39)37(23-25-13-17-27(34)18-14-25)29-9-3-4-10-30(29)40-31/h3-4,9-18,22,28H,2,5-8,19-21,23H2,1H3,(H,35,38)/b31-22-. The predicted molar refractivity (Wildman–Crippen MR) is 161 cm³/mol. The van der Waals surface area contributed by atoms with Crippen LogP contribution in [0.2, 0.25) is 5.02 Å². The highest BCUT2D eigenvalue weighted by Crippen LogP contribution is 2.36. The number of ether oxygens (including phenoxy) is 1. The van der Waals surface area contributed by atoms with Crippen molar-refractivity contribution in [2.75, 3.05) is 24.5 Å². The van der Waals surface area contributed by atoms with Crippen LogP contribution in [0.5, 0.6) is 5.75 Å². The molecule has 40 heavy (non-hydrogen) atoms. The molecular formula is C33H36ClN3O3. The highest BCUT2D eigenvalue weighted by atomic mass is 35.5. The first-order valence-corrected chi connectivity index (χ1v) is 14.6. The van der Waals surface area contributed by atoms with Gasteiger partial charge in [-0.15, -0.1) is 0 Å². The number of carbonyl (C=O) groups is 2. The summed E-state index contributed by atoms with van der Waals surface area (Å²) in [6.07, 6.45) is 7.74. The Labute approximate surface area is 241 Å². The molecule has 1 N–H and O–H groups in total. The Kier molecular flexibility index (Phi) is 9.19. The molecule has 0 bridgehead atoms. The third-order valence-electron chi connectivity index (χ3n) is 7.68. The van der Waals surface area contributed by atoms with Gasteiger partial charge in [0.1, 0.15) is 0 Å². The minimum atomic E-state index is -0.227. The average Bonchev–Trinajstić information content (AvgIpc) is 2.99.